The molecule has 0 unspecified atom stereocenters. The molecule has 2 aromatic rings. The normalized spacial score (nSPS) is 11.7. The fourth-order valence-corrected chi connectivity index (χ4v) is 3.02. The number of nitrogens with one attached hydrogen (secondary N) is 1. The van der Waals surface area contributed by atoms with Gasteiger partial charge in [-0.05, 0) is 45.0 Å². The van der Waals surface area contributed by atoms with Crippen molar-refractivity contribution in [1.82, 2.24) is 4.83 Å². The van der Waals surface area contributed by atoms with Crippen molar-refractivity contribution >= 4 is 27.5 Å². The Morgan fingerprint density at radius 2 is 1.63 bits per heavy atom. The van der Waals surface area contributed by atoms with Crippen molar-refractivity contribution in [3.63, 3.8) is 0 Å². The lowest BCUT2D eigenvalue weighted by Gasteiger charge is -2.27. The number of para-hydroxylation sites is 1. The molecule has 2 rings (SSSR count). The third kappa shape index (κ3) is 5.50. The minimum absolute atomic E-state index is 0.238. The van der Waals surface area contributed by atoms with Gasteiger partial charge in [-0.3, -0.25) is 10.1 Å². The molecular weight excluding hydrogens is 374 g/mol. The van der Waals surface area contributed by atoms with Crippen molar-refractivity contribution in [2.45, 2.75) is 31.3 Å². The largest absolute Gasteiger partial charge is 0.442 e. The smallest absolute Gasteiger partial charge is 0.430 e. The van der Waals surface area contributed by atoms with Crippen LogP contribution in [0.5, 0.6) is 0 Å². The summed E-state index contributed by atoms with van der Waals surface area (Å²) in [5.41, 5.74) is -0.846. The highest BCUT2D eigenvalue weighted by Crippen LogP contribution is 2.20. The van der Waals surface area contributed by atoms with Crippen molar-refractivity contribution in [3.05, 3.63) is 64.7 Å². The van der Waals surface area contributed by atoms with E-state index in [1.165, 1.54) is 12.1 Å². The molecule has 144 valence electrons. The Bertz CT molecular complexity index is 921. The fraction of sp³-hybridized carbons (Fsp3) is 0.235. The van der Waals surface area contributed by atoms with Gasteiger partial charge in [0, 0.05) is 12.1 Å². The van der Waals surface area contributed by atoms with Gasteiger partial charge in [0.1, 0.15) is 5.60 Å². The Kier molecular flexibility index (Phi) is 5.82. The monoisotopic (exact) mass is 393 g/mol. The van der Waals surface area contributed by atoms with Gasteiger partial charge in [0.05, 0.1) is 15.5 Å². The van der Waals surface area contributed by atoms with Gasteiger partial charge in [-0.15, -0.1) is 4.83 Å². The summed E-state index contributed by atoms with van der Waals surface area (Å²) in [6, 6.07) is 12.3. The van der Waals surface area contributed by atoms with Gasteiger partial charge in [-0.1, -0.05) is 18.2 Å². The number of nitro benzene ring substituents is 1. The highest BCUT2D eigenvalue weighted by Gasteiger charge is 2.28. The number of carbonyl (C=O) groups excluding carboxylic acids is 1. The van der Waals surface area contributed by atoms with E-state index < -0.39 is 26.6 Å². The summed E-state index contributed by atoms with van der Waals surface area (Å²) in [7, 11) is -4.20. The first-order chi connectivity index (χ1) is 12.5. The predicted molar refractivity (Wildman–Crippen MR) is 98.6 cm³/mol. The molecule has 0 aromatic heterocycles. The first-order valence-corrected chi connectivity index (χ1v) is 9.33. The van der Waals surface area contributed by atoms with Crippen LogP contribution in [0.1, 0.15) is 20.8 Å². The molecule has 9 nitrogen and oxygen atoms in total. The third-order valence-electron chi connectivity index (χ3n) is 3.16. The summed E-state index contributed by atoms with van der Waals surface area (Å²) in [6.45, 7) is 4.96. The number of hydrogen-bond donors (Lipinski definition) is 1. The maximum absolute atomic E-state index is 12.6. The number of sulfonamides is 1. The van der Waals surface area contributed by atoms with E-state index in [0.29, 0.717) is 0 Å². The van der Waals surface area contributed by atoms with Crippen LogP contribution in [0.15, 0.2) is 59.5 Å². The summed E-state index contributed by atoms with van der Waals surface area (Å²) in [5.74, 6) is 0. The Hall–Kier alpha value is -2.98. The molecular formula is C17H19N3O6S. The molecule has 0 radical (unpaired) electrons. The van der Waals surface area contributed by atoms with Crippen LogP contribution in [0.4, 0.5) is 16.2 Å². The minimum Gasteiger partial charge on any atom is -0.442 e. The predicted octanol–water partition coefficient (Wildman–Crippen LogP) is 3.23. The van der Waals surface area contributed by atoms with Gasteiger partial charge in [-0.2, -0.15) is 5.01 Å². The minimum atomic E-state index is -4.20. The number of nitro groups is 1. The summed E-state index contributed by atoms with van der Waals surface area (Å²) in [6.07, 6.45) is -0.917. The zero-order valence-corrected chi connectivity index (χ0v) is 15.8. The lowest BCUT2D eigenvalue weighted by Crippen LogP contribution is -2.48. The second-order valence-corrected chi connectivity index (χ2v) is 8.16. The van der Waals surface area contributed by atoms with E-state index in [1.807, 2.05) is 0 Å². The van der Waals surface area contributed by atoms with Crippen LogP contribution < -0.4 is 9.84 Å². The molecule has 0 heterocycles. The Labute approximate surface area is 156 Å². The lowest BCUT2D eigenvalue weighted by atomic mass is 10.2. The molecule has 2 aromatic carbocycles. The van der Waals surface area contributed by atoms with Gasteiger partial charge in [0.25, 0.3) is 15.7 Å². The van der Waals surface area contributed by atoms with Gasteiger partial charge < -0.3 is 4.74 Å². The zero-order valence-electron chi connectivity index (χ0n) is 14.9. The molecule has 0 bridgehead atoms. The molecule has 1 amide bonds. The molecule has 0 aliphatic heterocycles. The number of benzene rings is 2. The summed E-state index contributed by atoms with van der Waals surface area (Å²) >= 11 is 0. The number of anilines is 1. The Morgan fingerprint density at radius 1 is 1.07 bits per heavy atom. The topological polar surface area (TPSA) is 119 Å². The number of ether oxygens (including phenoxy) is 1. The average molecular weight is 393 g/mol. The summed E-state index contributed by atoms with van der Waals surface area (Å²) in [5, 5.41) is 11.5. The van der Waals surface area contributed by atoms with Crippen LogP contribution in [0.3, 0.4) is 0 Å². The first-order valence-electron chi connectivity index (χ1n) is 7.85. The highest BCUT2D eigenvalue weighted by atomic mass is 32.2. The average Bonchev–Trinajstić information content (AvgIpc) is 2.59. The number of non-ortho nitro benzene ring substituents is 1. The van der Waals surface area contributed by atoms with E-state index in [-0.39, 0.29) is 16.3 Å². The quantitative estimate of drug-likeness (QED) is 0.615. The molecule has 0 saturated heterocycles. The van der Waals surface area contributed by atoms with Crippen LogP contribution in [0.25, 0.3) is 0 Å². The van der Waals surface area contributed by atoms with Crippen molar-refractivity contribution in [3.8, 4) is 0 Å². The van der Waals surface area contributed by atoms with Gasteiger partial charge >= 0.3 is 6.09 Å². The van der Waals surface area contributed by atoms with Gasteiger partial charge in [0.15, 0.2) is 0 Å². The number of nitrogens with zero attached hydrogens (tertiary/aromatic N) is 2. The Balaban J connectivity index is 2.36. The van der Waals surface area contributed by atoms with Crippen molar-refractivity contribution < 1.29 is 22.9 Å². The number of carbonyl (C=O) groups is 1. The van der Waals surface area contributed by atoms with E-state index in [9.17, 15) is 23.3 Å². The summed E-state index contributed by atoms with van der Waals surface area (Å²) < 4.78 is 30.5. The molecule has 27 heavy (non-hydrogen) atoms. The molecule has 10 heteroatoms. The number of amides is 1. The second kappa shape index (κ2) is 7.72. The lowest BCUT2D eigenvalue weighted by molar-refractivity contribution is -0.384. The fourth-order valence-electron chi connectivity index (χ4n) is 2.00. The van der Waals surface area contributed by atoms with Crippen LogP contribution in [-0.4, -0.2) is 25.0 Å². The van der Waals surface area contributed by atoms with E-state index in [4.69, 9.17) is 4.74 Å². The first kappa shape index (κ1) is 20.3. The summed E-state index contributed by atoms with van der Waals surface area (Å²) in [4.78, 5) is 24.5. The SMILES string of the molecule is CC(C)(C)OC(=O)N(NS(=O)(=O)c1ccc([N+](=O)[O-])cc1)c1ccccc1. The van der Waals surface area contributed by atoms with Gasteiger partial charge in [0.2, 0.25) is 0 Å². The maximum Gasteiger partial charge on any atom is 0.430 e. The van der Waals surface area contributed by atoms with E-state index >= 15 is 0 Å². The molecule has 0 aliphatic carbocycles. The van der Waals surface area contributed by atoms with Crippen LogP contribution >= 0.6 is 0 Å². The molecule has 0 aliphatic rings. The zero-order chi connectivity index (χ0) is 20.2. The second-order valence-electron chi connectivity index (χ2n) is 6.50. The van der Waals surface area contributed by atoms with Crippen LogP contribution in [0.2, 0.25) is 0 Å². The number of hydrogen-bond acceptors (Lipinski definition) is 6. The van der Waals surface area contributed by atoms with Crippen LogP contribution in [-0.2, 0) is 14.8 Å². The Morgan fingerprint density at radius 3 is 2.11 bits per heavy atom. The van der Waals surface area contributed by atoms with Crippen LogP contribution in [0, 0.1) is 10.1 Å². The third-order valence-corrected chi connectivity index (χ3v) is 4.48. The molecule has 0 saturated carbocycles. The maximum atomic E-state index is 12.6. The standard InChI is InChI=1S/C17H19N3O6S/c1-17(2,3)26-16(21)19(13-7-5-4-6-8-13)18-27(24,25)15-11-9-14(10-12-15)20(22)23/h4-12,18H,1-3H3. The van der Waals surface area contributed by atoms with Crippen molar-refractivity contribution in [2.24, 2.45) is 0 Å². The molecule has 0 atom stereocenters. The highest BCUT2D eigenvalue weighted by molar-refractivity contribution is 7.89. The van der Waals surface area contributed by atoms with E-state index in [0.717, 1.165) is 29.3 Å². The van der Waals surface area contributed by atoms with E-state index in [2.05, 4.69) is 4.83 Å². The van der Waals surface area contributed by atoms with Crippen molar-refractivity contribution in [1.29, 1.82) is 0 Å². The number of hydrazine groups is 1. The van der Waals surface area contributed by atoms with Gasteiger partial charge in [-0.25, -0.2) is 13.2 Å². The van der Waals surface area contributed by atoms with Crippen molar-refractivity contribution in [2.75, 3.05) is 5.01 Å². The van der Waals surface area contributed by atoms with E-state index in [1.54, 1.807) is 39.0 Å². The molecule has 1 N–H and O–H groups in total. The number of rotatable bonds is 5. The molecule has 0 fully saturated rings. The molecule has 0 spiro atoms.